The maximum Gasteiger partial charge on any atom is 0.230 e. The second kappa shape index (κ2) is 3.86. The number of thiophene rings is 1. The van der Waals surface area contributed by atoms with Gasteiger partial charge in [0.2, 0.25) is 5.91 Å². The third-order valence-corrected chi connectivity index (χ3v) is 4.52. The Hall–Kier alpha value is -0.870. The van der Waals surface area contributed by atoms with Crippen LogP contribution in [0.1, 0.15) is 29.2 Å². The first kappa shape index (κ1) is 10.3. The second-order valence-corrected chi connectivity index (χ2v) is 5.64. The maximum atomic E-state index is 12.2. The van der Waals surface area contributed by atoms with Crippen molar-refractivity contribution in [2.24, 2.45) is 0 Å². The standard InChI is InChI=1S/C12H15NO2S/c14-8-6-13(7-8)12(15)10-2-1-3-11-9(10)4-5-16-11/h4-5,8,10,14H,1-3,6-7H2. The molecule has 2 aliphatic rings. The van der Waals surface area contributed by atoms with Crippen molar-refractivity contribution in [3.63, 3.8) is 0 Å². The predicted octanol–water partition coefficient (Wildman–Crippen LogP) is 1.37. The molecule has 4 heteroatoms. The number of aliphatic hydroxyl groups excluding tert-OH is 1. The van der Waals surface area contributed by atoms with Crippen LogP contribution in [-0.4, -0.2) is 35.1 Å². The van der Waals surface area contributed by atoms with Crippen LogP contribution >= 0.6 is 11.3 Å². The Morgan fingerprint density at radius 1 is 1.50 bits per heavy atom. The molecule has 1 fully saturated rings. The monoisotopic (exact) mass is 237 g/mol. The lowest BCUT2D eigenvalue weighted by atomic mass is 9.86. The lowest BCUT2D eigenvalue weighted by Gasteiger charge is -2.39. The predicted molar refractivity (Wildman–Crippen MR) is 62.6 cm³/mol. The molecule has 1 saturated heterocycles. The molecule has 0 radical (unpaired) electrons. The van der Waals surface area contributed by atoms with Gasteiger partial charge in [-0.25, -0.2) is 0 Å². The molecule has 1 amide bonds. The number of rotatable bonds is 1. The minimum absolute atomic E-state index is 0.0579. The highest BCUT2D eigenvalue weighted by molar-refractivity contribution is 7.10. The number of nitrogens with zero attached hydrogens (tertiary/aromatic N) is 1. The van der Waals surface area contributed by atoms with Gasteiger partial charge < -0.3 is 10.0 Å². The molecule has 16 heavy (non-hydrogen) atoms. The van der Waals surface area contributed by atoms with Gasteiger partial charge >= 0.3 is 0 Å². The van der Waals surface area contributed by atoms with Crippen molar-refractivity contribution < 1.29 is 9.90 Å². The summed E-state index contributed by atoms with van der Waals surface area (Å²) >= 11 is 1.76. The van der Waals surface area contributed by atoms with Crippen LogP contribution in [0.25, 0.3) is 0 Å². The second-order valence-electron chi connectivity index (χ2n) is 4.64. The number of aliphatic hydroxyl groups is 1. The summed E-state index contributed by atoms with van der Waals surface area (Å²) in [7, 11) is 0. The van der Waals surface area contributed by atoms with Crippen LogP contribution in [0.2, 0.25) is 0 Å². The zero-order valence-electron chi connectivity index (χ0n) is 9.06. The number of β-amino-alcohol motifs (C(OH)–C–C–N with tert-alkyl or cyclic N) is 1. The van der Waals surface area contributed by atoms with Gasteiger partial charge in [0.15, 0.2) is 0 Å². The highest BCUT2D eigenvalue weighted by Gasteiger charge is 2.36. The van der Waals surface area contributed by atoms with Gasteiger partial charge in [0.1, 0.15) is 0 Å². The minimum Gasteiger partial charge on any atom is -0.389 e. The number of aryl methyl sites for hydroxylation is 1. The van der Waals surface area contributed by atoms with Gasteiger partial charge in [-0.3, -0.25) is 4.79 Å². The molecular weight excluding hydrogens is 222 g/mol. The van der Waals surface area contributed by atoms with Gasteiger partial charge in [0.25, 0.3) is 0 Å². The Labute approximate surface area is 98.7 Å². The third-order valence-electron chi connectivity index (χ3n) is 3.52. The van der Waals surface area contributed by atoms with E-state index < -0.39 is 0 Å². The van der Waals surface area contributed by atoms with Gasteiger partial charge in [-0.15, -0.1) is 11.3 Å². The normalized spacial score (nSPS) is 25.1. The number of carbonyl (C=O) groups is 1. The van der Waals surface area contributed by atoms with Crippen molar-refractivity contribution >= 4 is 17.2 Å². The molecule has 3 rings (SSSR count). The fourth-order valence-corrected chi connectivity index (χ4v) is 3.59. The van der Waals surface area contributed by atoms with E-state index >= 15 is 0 Å². The molecule has 1 aliphatic carbocycles. The van der Waals surface area contributed by atoms with Crippen molar-refractivity contribution in [3.05, 3.63) is 21.9 Å². The van der Waals surface area contributed by atoms with Crippen LogP contribution in [0.3, 0.4) is 0 Å². The summed E-state index contributed by atoms with van der Waals surface area (Å²) < 4.78 is 0. The summed E-state index contributed by atoms with van der Waals surface area (Å²) in [5.41, 5.74) is 1.24. The van der Waals surface area contributed by atoms with Gasteiger partial charge in [0, 0.05) is 18.0 Å². The molecule has 1 aliphatic heterocycles. The number of fused-ring (bicyclic) bond motifs is 1. The summed E-state index contributed by atoms with van der Waals surface area (Å²) in [5.74, 6) is 0.271. The minimum atomic E-state index is -0.297. The molecule has 0 aromatic carbocycles. The summed E-state index contributed by atoms with van der Waals surface area (Å²) in [6.45, 7) is 1.05. The van der Waals surface area contributed by atoms with E-state index in [0.717, 1.165) is 19.3 Å². The fraction of sp³-hybridized carbons (Fsp3) is 0.583. The number of hydrogen-bond donors (Lipinski definition) is 1. The van der Waals surface area contributed by atoms with E-state index in [9.17, 15) is 9.90 Å². The maximum absolute atomic E-state index is 12.2. The van der Waals surface area contributed by atoms with Crippen molar-refractivity contribution in [1.82, 2.24) is 4.90 Å². The molecule has 0 saturated carbocycles. The SMILES string of the molecule is O=C(C1CCCc2sccc21)N1CC(O)C1. The van der Waals surface area contributed by atoms with Gasteiger partial charge in [0.05, 0.1) is 12.0 Å². The first-order valence-corrected chi connectivity index (χ1v) is 6.67. The van der Waals surface area contributed by atoms with Crippen molar-refractivity contribution in [2.75, 3.05) is 13.1 Å². The molecule has 0 bridgehead atoms. The smallest absolute Gasteiger partial charge is 0.230 e. The van der Waals surface area contributed by atoms with Crippen molar-refractivity contribution in [2.45, 2.75) is 31.3 Å². The van der Waals surface area contributed by atoms with Crippen molar-refractivity contribution in [3.8, 4) is 0 Å². The molecule has 3 nitrogen and oxygen atoms in total. The summed E-state index contributed by atoms with van der Waals surface area (Å²) in [5, 5.41) is 11.3. The number of amides is 1. The zero-order chi connectivity index (χ0) is 11.1. The van der Waals surface area contributed by atoms with Crippen LogP contribution < -0.4 is 0 Å². The molecule has 86 valence electrons. The first-order valence-electron chi connectivity index (χ1n) is 5.79. The Morgan fingerprint density at radius 3 is 3.06 bits per heavy atom. The highest BCUT2D eigenvalue weighted by Crippen LogP contribution is 2.36. The van der Waals surface area contributed by atoms with Crippen LogP contribution in [0.4, 0.5) is 0 Å². The summed E-state index contributed by atoms with van der Waals surface area (Å²) in [6, 6.07) is 2.10. The Bertz CT molecular complexity index is 409. The number of hydrogen-bond acceptors (Lipinski definition) is 3. The van der Waals surface area contributed by atoms with E-state index in [-0.39, 0.29) is 17.9 Å². The largest absolute Gasteiger partial charge is 0.389 e. The molecular formula is C12H15NO2S. The first-order chi connectivity index (χ1) is 7.75. The molecule has 2 heterocycles. The van der Waals surface area contributed by atoms with Crippen LogP contribution in [-0.2, 0) is 11.2 Å². The third kappa shape index (κ3) is 1.57. The van der Waals surface area contributed by atoms with Crippen LogP contribution in [0.5, 0.6) is 0 Å². The van der Waals surface area contributed by atoms with Crippen molar-refractivity contribution in [1.29, 1.82) is 0 Å². The van der Waals surface area contributed by atoms with E-state index in [0.29, 0.717) is 13.1 Å². The number of likely N-dealkylation sites (tertiary alicyclic amines) is 1. The number of carbonyl (C=O) groups excluding carboxylic acids is 1. The van der Waals surface area contributed by atoms with Gasteiger partial charge in [-0.1, -0.05) is 0 Å². The highest BCUT2D eigenvalue weighted by atomic mass is 32.1. The summed E-state index contributed by atoms with van der Waals surface area (Å²) in [4.78, 5) is 15.4. The molecule has 1 aromatic rings. The average molecular weight is 237 g/mol. The fourth-order valence-electron chi connectivity index (χ4n) is 2.60. The van der Waals surface area contributed by atoms with E-state index in [1.807, 2.05) is 0 Å². The van der Waals surface area contributed by atoms with Crippen LogP contribution in [0, 0.1) is 0 Å². The molecule has 0 spiro atoms. The van der Waals surface area contributed by atoms with Crippen LogP contribution in [0.15, 0.2) is 11.4 Å². The molecule has 1 unspecified atom stereocenters. The topological polar surface area (TPSA) is 40.5 Å². The lowest BCUT2D eigenvalue weighted by Crippen LogP contribution is -2.55. The Kier molecular flexibility index (Phi) is 2.48. The van der Waals surface area contributed by atoms with E-state index in [1.54, 1.807) is 16.2 Å². The van der Waals surface area contributed by atoms with E-state index in [4.69, 9.17) is 0 Å². The summed E-state index contributed by atoms with van der Waals surface area (Å²) in [6.07, 6.45) is 2.91. The molecule has 1 N–H and O–H groups in total. The Morgan fingerprint density at radius 2 is 2.31 bits per heavy atom. The Balaban J connectivity index is 1.79. The van der Waals surface area contributed by atoms with Gasteiger partial charge in [-0.2, -0.15) is 0 Å². The average Bonchev–Trinajstić information content (AvgIpc) is 2.71. The lowest BCUT2D eigenvalue weighted by molar-refractivity contribution is -0.143. The van der Waals surface area contributed by atoms with Gasteiger partial charge in [-0.05, 0) is 36.3 Å². The zero-order valence-corrected chi connectivity index (χ0v) is 9.87. The van der Waals surface area contributed by atoms with E-state index in [2.05, 4.69) is 11.4 Å². The quantitative estimate of drug-likeness (QED) is 0.801. The van der Waals surface area contributed by atoms with E-state index in [1.165, 1.54) is 10.4 Å². The molecule has 1 aromatic heterocycles. The molecule has 1 atom stereocenters.